The number of hydrogen-bond acceptors (Lipinski definition) is 2. The summed E-state index contributed by atoms with van der Waals surface area (Å²) >= 11 is 5.78. The molecule has 1 amide bonds. The molecule has 0 fully saturated rings. The predicted molar refractivity (Wildman–Crippen MR) is 87.1 cm³/mol. The smallest absolute Gasteiger partial charge is 0.241 e. The Morgan fingerprint density at radius 3 is 2.90 bits per heavy atom. The summed E-state index contributed by atoms with van der Waals surface area (Å²) in [6.45, 7) is 3.65. The van der Waals surface area contributed by atoms with Gasteiger partial charge in [0.1, 0.15) is 5.88 Å². The second kappa shape index (κ2) is 8.20. The molecule has 4 heteroatoms. The van der Waals surface area contributed by atoms with Crippen LogP contribution in [-0.4, -0.2) is 31.5 Å². The Labute approximate surface area is 131 Å². The predicted octanol–water partition coefficient (Wildman–Crippen LogP) is 3.73. The van der Waals surface area contributed by atoms with Gasteiger partial charge in [-0.3, -0.25) is 4.79 Å². The summed E-state index contributed by atoms with van der Waals surface area (Å²) < 4.78 is 5.39. The molecule has 0 radical (unpaired) electrons. The van der Waals surface area contributed by atoms with E-state index in [0.717, 1.165) is 18.5 Å². The summed E-state index contributed by atoms with van der Waals surface area (Å²) in [6.07, 6.45) is 6.63. The fourth-order valence-electron chi connectivity index (χ4n) is 2.69. The van der Waals surface area contributed by atoms with Crippen molar-refractivity contribution in [1.82, 2.24) is 0 Å². The summed E-state index contributed by atoms with van der Waals surface area (Å²) in [5.74, 6) is 0.297. The number of carbonyl (C=O) groups excluding carboxylic acids is 1. The number of para-hydroxylation sites is 1. The number of amides is 1. The molecular weight excluding hydrogens is 286 g/mol. The van der Waals surface area contributed by atoms with Crippen LogP contribution in [0.2, 0.25) is 0 Å². The van der Waals surface area contributed by atoms with Crippen LogP contribution in [0.3, 0.4) is 0 Å². The van der Waals surface area contributed by atoms with Crippen LogP contribution in [-0.2, 0) is 9.53 Å². The summed E-state index contributed by atoms with van der Waals surface area (Å²) in [5, 5.41) is 0. The lowest BCUT2D eigenvalue weighted by atomic mass is 9.96. The molecule has 1 aromatic rings. The standard InChI is InChI=1S/C17H22ClNO2/c1-2-21-12-11-19(17(20)13-18)16-10-6-5-9-15(16)14-7-3-4-8-14/h3,5-7,9-10,14H,2,4,8,11-13H2,1H3. The van der Waals surface area contributed by atoms with Gasteiger partial charge in [0.2, 0.25) is 5.91 Å². The third-order valence-electron chi connectivity index (χ3n) is 3.72. The van der Waals surface area contributed by atoms with Crippen LogP contribution < -0.4 is 4.90 Å². The molecule has 1 aliphatic rings. The highest BCUT2D eigenvalue weighted by atomic mass is 35.5. The maximum absolute atomic E-state index is 12.2. The normalized spacial score (nSPS) is 17.1. The summed E-state index contributed by atoms with van der Waals surface area (Å²) in [5.41, 5.74) is 2.15. The second-order valence-corrected chi connectivity index (χ2v) is 5.31. The molecule has 0 N–H and O–H groups in total. The molecule has 21 heavy (non-hydrogen) atoms. The van der Waals surface area contributed by atoms with Crippen LogP contribution in [0.1, 0.15) is 31.2 Å². The number of ether oxygens (including phenoxy) is 1. The van der Waals surface area contributed by atoms with E-state index >= 15 is 0 Å². The van der Waals surface area contributed by atoms with Crippen LogP contribution in [0.5, 0.6) is 0 Å². The molecule has 0 saturated heterocycles. The first kappa shape index (κ1) is 16.1. The lowest BCUT2D eigenvalue weighted by molar-refractivity contribution is -0.116. The molecule has 0 bridgehead atoms. The zero-order chi connectivity index (χ0) is 15.1. The topological polar surface area (TPSA) is 29.5 Å². The van der Waals surface area contributed by atoms with E-state index in [9.17, 15) is 4.79 Å². The van der Waals surface area contributed by atoms with Crippen LogP contribution in [0.25, 0.3) is 0 Å². The average molecular weight is 308 g/mol. The highest BCUT2D eigenvalue weighted by Crippen LogP contribution is 2.35. The van der Waals surface area contributed by atoms with Crippen LogP contribution in [0, 0.1) is 0 Å². The van der Waals surface area contributed by atoms with Gasteiger partial charge in [0.05, 0.1) is 6.61 Å². The first-order valence-electron chi connectivity index (χ1n) is 7.47. The zero-order valence-corrected chi connectivity index (χ0v) is 13.2. The van der Waals surface area contributed by atoms with E-state index in [4.69, 9.17) is 16.3 Å². The Morgan fingerprint density at radius 1 is 1.43 bits per heavy atom. The number of hydrogen-bond donors (Lipinski definition) is 0. The molecule has 3 nitrogen and oxygen atoms in total. The Hall–Kier alpha value is -1.32. The quantitative estimate of drug-likeness (QED) is 0.436. The Balaban J connectivity index is 2.25. The molecule has 1 unspecified atom stereocenters. The summed E-state index contributed by atoms with van der Waals surface area (Å²) in [7, 11) is 0. The third-order valence-corrected chi connectivity index (χ3v) is 3.95. The van der Waals surface area contributed by atoms with Gasteiger partial charge in [0.25, 0.3) is 0 Å². The molecule has 0 aromatic heterocycles. The monoisotopic (exact) mass is 307 g/mol. The van der Waals surface area contributed by atoms with Gasteiger partial charge in [-0.05, 0) is 31.4 Å². The van der Waals surface area contributed by atoms with Gasteiger partial charge >= 0.3 is 0 Å². The zero-order valence-electron chi connectivity index (χ0n) is 12.4. The third kappa shape index (κ3) is 4.08. The largest absolute Gasteiger partial charge is 0.380 e. The number of nitrogens with zero attached hydrogens (tertiary/aromatic N) is 1. The maximum atomic E-state index is 12.2. The Morgan fingerprint density at radius 2 is 2.24 bits per heavy atom. The van der Waals surface area contributed by atoms with Crippen molar-refractivity contribution in [3.05, 3.63) is 42.0 Å². The van der Waals surface area contributed by atoms with E-state index in [0.29, 0.717) is 25.7 Å². The molecule has 114 valence electrons. The Kier molecular flexibility index (Phi) is 6.27. The van der Waals surface area contributed by atoms with Crippen molar-refractivity contribution in [1.29, 1.82) is 0 Å². The van der Waals surface area contributed by atoms with E-state index in [1.54, 1.807) is 4.90 Å². The van der Waals surface area contributed by atoms with Crippen molar-refractivity contribution >= 4 is 23.2 Å². The van der Waals surface area contributed by atoms with Crippen LogP contribution in [0.15, 0.2) is 36.4 Å². The molecule has 1 aromatic carbocycles. The molecular formula is C17H22ClNO2. The fourth-order valence-corrected chi connectivity index (χ4v) is 2.83. The number of alkyl halides is 1. The van der Waals surface area contributed by atoms with Crippen molar-refractivity contribution in [3.63, 3.8) is 0 Å². The number of anilines is 1. The van der Waals surface area contributed by atoms with Crippen molar-refractivity contribution in [3.8, 4) is 0 Å². The first-order chi connectivity index (χ1) is 10.3. The van der Waals surface area contributed by atoms with Gasteiger partial charge in [0.15, 0.2) is 0 Å². The Bertz CT molecular complexity index is 501. The first-order valence-corrected chi connectivity index (χ1v) is 8.01. The minimum Gasteiger partial charge on any atom is -0.380 e. The van der Waals surface area contributed by atoms with Gasteiger partial charge < -0.3 is 9.64 Å². The average Bonchev–Trinajstić information content (AvgIpc) is 3.05. The number of allylic oxidation sites excluding steroid dienone is 2. The van der Waals surface area contributed by atoms with E-state index in [1.807, 2.05) is 25.1 Å². The summed E-state index contributed by atoms with van der Waals surface area (Å²) in [6, 6.07) is 8.09. The number of halogens is 1. The molecule has 0 saturated carbocycles. The molecule has 0 aliphatic heterocycles. The minimum atomic E-state index is -0.0780. The lowest BCUT2D eigenvalue weighted by Crippen LogP contribution is -2.35. The maximum Gasteiger partial charge on any atom is 0.241 e. The van der Waals surface area contributed by atoms with Gasteiger partial charge in [-0.1, -0.05) is 30.4 Å². The van der Waals surface area contributed by atoms with Crippen LogP contribution >= 0.6 is 11.6 Å². The van der Waals surface area contributed by atoms with Gasteiger partial charge in [-0.2, -0.15) is 0 Å². The molecule has 1 atom stereocenters. The number of benzene rings is 1. The van der Waals surface area contributed by atoms with Crippen LogP contribution in [0.4, 0.5) is 5.69 Å². The molecule has 0 spiro atoms. The van der Waals surface area contributed by atoms with E-state index in [-0.39, 0.29) is 11.8 Å². The van der Waals surface area contributed by atoms with E-state index < -0.39 is 0 Å². The fraction of sp³-hybridized carbons (Fsp3) is 0.471. The number of carbonyl (C=O) groups is 1. The minimum absolute atomic E-state index is 0.0129. The molecule has 0 heterocycles. The second-order valence-electron chi connectivity index (χ2n) is 5.05. The lowest BCUT2D eigenvalue weighted by Gasteiger charge is -2.26. The molecule has 2 rings (SSSR count). The summed E-state index contributed by atoms with van der Waals surface area (Å²) in [4.78, 5) is 13.9. The van der Waals surface area contributed by atoms with Gasteiger partial charge in [0, 0.05) is 24.8 Å². The highest BCUT2D eigenvalue weighted by Gasteiger charge is 2.22. The van der Waals surface area contributed by atoms with Crippen molar-refractivity contribution in [2.75, 3.05) is 30.5 Å². The van der Waals surface area contributed by atoms with E-state index in [1.165, 1.54) is 5.56 Å². The van der Waals surface area contributed by atoms with Crippen molar-refractivity contribution in [2.45, 2.75) is 25.7 Å². The number of rotatable bonds is 7. The van der Waals surface area contributed by atoms with E-state index in [2.05, 4.69) is 18.2 Å². The SMILES string of the molecule is CCOCCN(C(=O)CCl)c1ccccc1C1C=CCC1. The van der Waals surface area contributed by atoms with Crippen molar-refractivity contribution in [2.24, 2.45) is 0 Å². The van der Waals surface area contributed by atoms with Gasteiger partial charge in [-0.25, -0.2) is 0 Å². The van der Waals surface area contributed by atoms with Gasteiger partial charge in [-0.15, -0.1) is 11.6 Å². The molecule has 1 aliphatic carbocycles. The van der Waals surface area contributed by atoms with Crippen molar-refractivity contribution < 1.29 is 9.53 Å². The highest BCUT2D eigenvalue weighted by molar-refractivity contribution is 6.29.